The predicted molar refractivity (Wildman–Crippen MR) is 113 cm³/mol. The number of rotatable bonds is 3. The monoisotopic (exact) mass is 417 g/mol. The molecule has 0 aromatic heterocycles. The summed E-state index contributed by atoms with van der Waals surface area (Å²) >= 11 is 0. The lowest BCUT2D eigenvalue weighted by molar-refractivity contribution is -0.146. The molecule has 0 aromatic carbocycles. The van der Waals surface area contributed by atoms with Crippen LogP contribution in [0.15, 0.2) is 23.3 Å². The molecule has 3 aliphatic rings. The molecule has 1 amide bonds. The van der Waals surface area contributed by atoms with E-state index in [0.29, 0.717) is 18.8 Å². The molecular formula is C24H35NO5. The number of aliphatic hydroxyl groups is 2. The Labute approximate surface area is 178 Å². The number of hydrogen-bond acceptors (Lipinski definition) is 5. The summed E-state index contributed by atoms with van der Waals surface area (Å²) in [5.74, 6) is -1.35. The number of hydrogen-bond donors (Lipinski definition) is 3. The Kier molecular flexibility index (Phi) is 6.68. The van der Waals surface area contributed by atoms with Crippen molar-refractivity contribution in [2.45, 2.75) is 71.9 Å². The third-order valence-corrected chi connectivity index (χ3v) is 7.31. The van der Waals surface area contributed by atoms with Gasteiger partial charge in [-0.15, -0.1) is 0 Å². The Morgan fingerprint density at radius 1 is 1.17 bits per heavy atom. The van der Waals surface area contributed by atoms with Crippen molar-refractivity contribution in [1.29, 1.82) is 0 Å². The lowest BCUT2D eigenvalue weighted by Gasteiger charge is -2.45. The molecule has 3 rings (SSSR count). The van der Waals surface area contributed by atoms with Gasteiger partial charge in [-0.05, 0) is 43.6 Å². The van der Waals surface area contributed by atoms with E-state index in [1.807, 2.05) is 26.0 Å². The number of nitrogens with one attached hydrogen (secondary N) is 1. The van der Waals surface area contributed by atoms with E-state index < -0.39 is 17.4 Å². The zero-order valence-electron chi connectivity index (χ0n) is 18.5. The number of allylic oxidation sites excluding steroid dienone is 3. The topological polar surface area (TPSA) is 104 Å². The van der Waals surface area contributed by atoms with Crippen molar-refractivity contribution in [3.8, 4) is 0 Å². The van der Waals surface area contributed by atoms with Gasteiger partial charge in [0.25, 0.3) is 0 Å². The smallest absolute Gasteiger partial charge is 0.235 e. The van der Waals surface area contributed by atoms with Crippen LogP contribution in [-0.2, 0) is 14.4 Å². The van der Waals surface area contributed by atoms with Gasteiger partial charge in [-0.3, -0.25) is 14.4 Å². The average molecular weight is 418 g/mol. The van der Waals surface area contributed by atoms with Gasteiger partial charge in [-0.25, -0.2) is 0 Å². The fourth-order valence-corrected chi connectivity index (χ4v) is 5.82. The second-order valence-corrected chi connectivity index (χ2v) is 9.78. The average Bonchev–Trinajstić information content (AvgIpc) is 2.97. The SMILES string of the molecule is C/C1=C\[C@H]2C=C(CO)[C@@H](C)[C@H]3[C@H](CC(C)C)NC(=O)[C@]32C(=O)CCC(=O)[C@@H](O)CC1. The van der Waals surface area contributed by atoms with Crippen LogP contribution in [0.5, 0.6) is 0 Å². The van der Waals surface area contributed by atoms with Gasteiger partial charge in [0, 0.05) is 30.7 Å². The van der Waals surface area contributed by atoms with Crippen LogP contribution in [-0.4, -0.2) is 46.4 Å². The van der Waals surface area contributed by atoms with Crippen molar-refractivity contribution < 1.29 is 24.6 Å². The summed E-state index contributed by atoms with van der Waals surface area (Å²) in [6, 6.07) is -0.158. The minimum atomic E-state index is -1.27. The van der Waals surface area contributed by atoms with E-state index in [-0.39, 0.29) is 54.8 Å². The van der Waals surface area contributed by atoms with Crippen LogP contribution in [0.2, 0.25) is 0 Å². The predicted octanol–water partition coefficient (Wildman–Crippen LogP) is 2.34. The van der Waals surface area contributed by atoms with Gasteiger partial charge in [0.2, 0.25) is 5.91 Å². The zero-order valence-corrected chi connectivity index (χ0v) is 18.5. The second-order valence-electron chi connectivity index (χ2n) is 9.78. The molecular weight excluding hydrogens is 382 g/mol. The molecule has 2 aliphatic carbocycles. The van der Waals surface area contributed by atoms with E-state index in [1.165, 1.54) is 0 Å². The van der Waals surface area contributed by atoms with E-state index in [0.717, 1.165) is 17.6 Å². The highest BCUT2D eigenvalue weighted by Gasteiger charge is 2.65. The van der Waals surface area contributed by atoms with E-state index >= 15 is 0 Å². The third-order valence-electron chi connectivity index (χ3n) is 7.31. The molecule has 0 radical (unpaired) electrons. The molecule has 0 saturated carbocycles. The van der Waals surface area contributed by atoms with Crippen molar-refractivity contribution in [2.75, 3.05) is 6.61 Å². The van der Waals surface area contributed by atoms with Crippen LogP contribution < -0.4 is 5.32 Å². The Bertz CT molecular complexity index is 782. The maximum absolute atomic E-state index is 13.7. The number of carbonyl (C=O) groups is 3. The minimum Gasteiger partial charge on any atom is -0.392 e. The molecule has 0 aromatic rings. The summed E-state index contributed by atoms with van der Waals surface area (Å²) in [5, 5.41) is 23.3. The summed E-state index contributed by atoms with van der Waals surface area (Å²) < 4.78 is 0. The zero-order chi connectivity index (χ0) is 22.2. The second kappa shape index (κ2) is 8.75. The van der Waals surface area contributed by atoms with Crippen LogP contribution in [0.25, 0.3) is 0 Å². The Balaban J connectivity index is 2.18. The van der Waals surface area contributed by atoms with Crippen molar-refractivity contribution in [3.05, 3.63) is 23.3 Å². The van der Waals surface area contributed by atoms with E-state index in [9.17, 15) is 24.6 Å². The molecule has 1 saturated heterocycles. The normalized spacial score (nSPS) is 39.4. The third kappa shape index (κ3) is 3.80. The first-order valence-corrected chi connectivity index (χ1v) is 11.2. The molecule has 3 N–H and O–H groups in total. The molecule has 0 unspecified atom stereocenters. The molecule has 1 spiro atoms. The van der Waals surface area contributed by atoms with E-state index in [4.69, 9.17) is 0 Å². The summed E-state index contributed by atoms with van der Waals surface area (Å²) in [6.45, 7) is 7.97. The van der Waals surface area contributed by atoms with Gasteiger partial charge in [0.05, 0.1) is 6.61 Å². The highest BCUT2D eigenvalue weighted by Crippen LogP contribution is 2.55. The van der Waals surface area contributed by atoms with Gasteiger partial charge >= 0.3 is 0 Å². The maximum Gasteiger partial charge on any atom is 0.235 e. The Morgan fingerprint density at radius 3 is 2.50 bits per heavy atom. The number of ketones is 2. The van der Waals surface area contributed by atoms with Gasteiger partial charge in [0.15, 0.2) is 5.78 Å². The molecule has 1 fully saturated rings. The first-order chi connectivity index (χ1) is 14.1. The largest absolute Gasteiger partial charge is 0.392 e. The molecule has 6 nitrogen and oxygen atoms in total. The quantitative estimate of drug-likeness (QED) is 0.483. The van der Waals surface area contributed by atoms with Gasteiger partial charge in [-0.1, -0.05) is 38.5 Å². The molecule has 30 heavy (non-hydrogen) atoms. The van der Waals surface area contributed by atoms with Crippen LogP contribution in [0.1, 0.15) is 59.8 Å². The molecule has 1 aliphatic heterocycles. The number of amides is 1. The summed E-state index contributed by atoms with van der Waals surface area (Å²) in [4.78, 5) is 39.6. The van der Waals surface area contributed by atoms with Gasteiger partial charge in [0.1, 0.15) is 17.3 Å². The van der Waals surface area contributed by atoms with E-state index in [1.54, 1.807) is 0 Å². The number of carbonyl (C=O) groups excluding carboxylic acids is 3. The first-order valence-electron chi connectivity index (χ1n) is 11.2. The van der Waals surface area contributed by atoms with E-state index in [2.05, 4.69) is 19.2 Å². The van der Waals surface area contributed by atoms with Gasteiger partial charge < -0.3 is 15.5 Å². The van der Waals surface area contributed by atoms with Crippen LogP contribution in [0.4, 0.5) is 0 Å². The molecule has 1 heterocycles. The van der Waals surface area contributed by atoms with Crippen molar-refractivity contribution in [2.24, 2.45) is 29.1 Å². The highest BCUT2D eigenvalue weighted by atomic mass is 16.3. The fourth-order valence-electron chi connectivity index (χ4n) is 5.82. The molecule has 0 bridgehead atoms. The van der Waals surface area contributed by atoms with Crippen LogP contribution >= 0.6 is 0 Å². The minimum absolute atomic E-state index is 0.0483. The lowest BCUT2D eigenvalue weighted by atomic mass is 9.54. The summed E-state index contributed by atoms with van der Waals surface area (Å²) in [5.41, 5.74) is 0.519. The Hall–Kier alpha value is -1.79. The highest BCUT2D eigenvalue weighted by molar-refractivity contribution is 6.10. The van der Waals surface area contributed by atoms with Gasteiger partial charge in [-0.2, -0.15) is 0 Å². The summed E-state index contributed by atoms with van der Waals surface area (Å²) in [6.07, 6.45) is 4.26. The maximum atomic E-state index is 13.7. The first kappa shape index (κ1) is 22.9. The van der Waals surface area contributed by atoms with Crippen molar-refractivity contribution >= 4 is 17.5 Å². The summed E-state index contributed by atoms with van der Waals surface area (Å²) in [7, 11) is 0. The molecule has 6 atom stereocenters. The standard InChI is InChI=1S/C24H35NO5/c1-13(2)9-18-22-15(4)16(12-26)11-17-10-14(3)5-6-19(27)20(28)7-8-21(29)24(17,22)23(30)25-18/h10-11,13,15,17-19,22,26-27H,5-9,12H2,1-4H3,(H,25,30)/b14-10+/t15-,17+,18+,19+,22+,24-/m1/s1. The number of Topliss-reactive ketones (excluding diaryl/α,β-unsaturated/α-hetero) is 2. The van der Waals surface area contributed by atoms with Crippen LogP contribution in [0.3, 0.4) is 0 Å². The van der Waals surface area contributed by atoms with Crippen molar-refractivity contribution in [3.63, 3.8) is 0 Å². The Morgan fingerprint density at radius 2 is 1.87 bits per heavy atom. The fraction of sp³-hybridized carbons (Fsp3) is 0.708. The molecule has 166 valence electrons. The van der Waals surface area contributed by atoms with Crippen molar-refractivity contribution in [1.82, 2.24) is 5.32 Å². The number of aliphatic hydroxyl groups excluding tert-OH is 2. The van der Waals surface area contributed by atoms with Crippen LogP contribution in [0, 0.1) is 29.1 Å². The molecule has 6 heteroatoms. The lowest BCUT2D eigenvalue weighted by Crippen LogP contribution is -2.52.